The van der Waals surface area contributed by atoms with E-state index in [9.17, 15) is 87.2 Å². The third kappa shape index (κ3) is 30.2. The van der Waals surface area contributed by atoms with Crippen LogP contribution in [0.5, 0.6) is 0 Å². The quantitative estimate of drug-likeness (QED) is 0.0141. The highest BCUT2D eigenvalue weighted by atomic mass is 32.2. The van der Waals surface area contributed by atoms with Crippen molar-refractivity contribution in [3.63, 3.8) is 0 Å². The summed E-state index contributed by atoms with van der Waals surface area (Å²) in [4.78, 5) is 218. The number of fused-ring (bicyclic) bond motifs is 1. The Morgan fingerprint density at radius 2 is 1.16 bits per heavy atom. The second kappa shape index (κ2) is 43.8. The molecule has 2 unspecified atom stereocenters. The maximum atomic E-state index is 14.5. The van der Waals surface area contributed by atoms with Gasteiger partial charge in [0.25, 0.3) is 17.7 Å². The van der Waals surface area contributed by atoms with E-state index in [-0.39, 0.29) is 127 Å². The summed E-state index contributed by atoms with van der Waals surface area (Å²) >= 11 is 1.39. The van der Waals surface area contributed by atoms with Gasteiger partial charge in [-0.1, -0.05) is 62.4 Å². The van der Waals surface area contributed by atoms with Gasteiger partial charge in [0.1, 0.15) is 41.6 Å². The van der Waals surface area contributed by atoms with Gasteiger partial charge in [-0.25, -0.2) is 9.98 Å². The minimum absolute atomic E-state index is 0.0283. The number of H-pyrrole nitrogens is 2. The van der Waals surface area contributed by atoms with Crippen molar-refractivity contribution >= 4 is 129 Å². The van der Waals surface area contributed by atoms with Crippen LogP contribution in [-0.4, -0.2) is 278 Å². The molecule has 6 rings (SSSR count). The Labute approximate surface area is 630 Å². The Bertz CT molecular complexity index is 4070. The molecular weight excluding hydrogens is 1440 g/mol. The van der Waals surface area contributed by atoms with Gasteiger partial charge in [0.05, 0.1) is 51.3 Å². The standard InChI is InChI=1S/C71H93N19O18S/c1-42(2)63(71(108)77-36-58(93)81-55(32-48-34-74-41-78-48)70(107)84-53(30-44-10-6-5-7-11-44)69(106)82-51(64(73)101)20-29-109-4)86-65(102)43(3)79-68(105)54(31-46-33-75-50-13-9-8-12-49(46)50)85-67(104)52(18-19-56(72)91)83-66(103)45-14-16-47(17-15-45)80-57(92)35-76-59(94)37-87-21-23-88(38-60(95)96)25-27-90(40-62(99)100)28-26-89(24-22-87)39-61(97)98/h5-17,30,33-34,41-43,52,54-55,63,75H,18-29,31-32,35-40H2,1-4H3,(H2,72,91)(H2,73,101)(H,74,78)(H,76,94)(H,77,108)(H,79,105)(H,80,92)(H,81,93)(H,83,103)(H,84,107)(H,85,104)(H,86,102)(H,95,96)(H,97,98)(H,99,100)/b53-30+,82-51?/t43-,52?,54-,55-,63?/m0/s1. The number of carboxylic acid groups (broad SMARTS) is 3. The molecule has 2 aromatic heterocycles. The van der Waals surface area contributed by atoms with Crippen LogP contribution in [-0.2, 0) is 80.0 Å². The van der Waals surface area contributed by atoms with Crippen molar-refractivity contribution in [2.75, 3.05) is 109 Å². The number of nitrogens with one attached hydrogen (secondary N) is 11. The van der Waals surface area contributed by atoms with Gasteiger partial charge < -0.3 is 84.6 Å². The molecular formula is C71H93N19O18S. The number of hydrogen-bond acceptors (Lipinski definition) is 21. The minimum atomic E-state index is -1.51. The molecule has 0 radical (unpaired) electrons. The first kappa shape index (κ1) is 86.2. The number of thioether (sulfide) groups is 1. The highest BCUT2D eigenvalue weighted by Crippen LogP contribution is 2.20. The lowest BCUT2D eigenvalue weighted by Crippen LogP contribution is -2.59. The molecule has 38 heteroatoms. The lowest BCUT2D eigenvalue weighted by atomic mass is 10.0. The number of benzene rings is 3. The monoisotopic (exact) mass is 1530 g/mol. The Hall–Kier alpha value is -11.7. The van der Waals surface area contributed by atoms with Crippen LogP contribution in [0.1, 0.15) is 67.2 Å². The molecule has 109 heavy (non-hydrogen) atoms. The summed E-state index contributed by atoms with van der Waals surface area (Å²) < 4.78 is 0. The number of carboxylic acids is 3. The summed E-state index contributed by atoms with van der Waals surface area (Å²) in [5.74, 6) is -13.8. The fourth-order valence-corrected chi connectivity index (χ4v) is 11.6. The van der Waals surface area contributed by atoms with Crippen molar-refractivity contribution in [2.45, 2.75) is 83.1 Å². The molecule has 3 heterocycles. The van der Waals surface area contributed by atoms with E-state index in [1.807, 2.05) is 0 Å². The van der Waals surface area contributed by atoms with Gasteiger partial charge in [-0.15, -0.1) is 0 Å². The number of nitrogens with zero attached hydrogens (tertiary/aromatic N) is 6. The van der Waals surface area contributed by atoms with Crippen LogP contribution < -0.4 is 59.3 Å². The number of para-hydroxylation sites is 1. The van der Waals surface area contributed by atoms with Crippen molar-refractivity contribution in [2.24, 2.45) is 22.4 Å². The lowest BCUT2D eigenvalue weighted by molar-refractivity contribution is -0.140. The van der Waals surface area contributed by atoms with Crippen molar-refractivity contribution in [3.8, 4) is 0 Å². The smallest absolute Gasteiger partial charge is 0.317 e. The Kier molecular flexibility index (Phi) is 34.6. The second-order valence-electron chi connectivity index (χ2n) is 25.8. The lowest BCUT2D eigenvalue weighted by Gasteiger charge is -2.32. The van der Waals surface area contributed by atoms with Gasteiger partial charge in [-0.3, -0.25) is 91.5 Å². The number of anilines is 1. The zero-order valence-electron chi connectivity index (χ0n) is 60.6. The predicted octanol–water partition coefficient (Wildman–Crippen LogP) is -2.64. The highest BCUT2D eigenvalue weighted by molar-refractivity contribution is 7.98. The number of hydrogen-bond donors (Lipinski definition) is 16. The first-order chi connectivity index (χ1) is 51.9. The number of amides is 12. The second-order valence-corrected chi connectivity index (χ2v) is 26.8. The molecule has 0 aliphatic carbocycles. The largest absolute Gasteiger partial charge is 0.480 e. The van der Waals surface area contributed by atoms with Crippen LogP contribution in [0.2, 0.25) is 0 Å². The van der Waals surface area contributed by atoms with E-state index in [2.05, 4.69) is 67.8 Å². The molecule has 5 atom stereocenters. The van der Waals surface area contributed by atoms with Gasteiger partial charge >= 0.3 is 17.9 Å². The molecule has 586 valence electrons. The molecule has 0 spiro atoms. The van der Waals surface area contributed by atoms with Gasteiger partial charge in [0.2, 0.25) is 53.2 Å². The number of primary amides is 2. The third-order valence-corrected chi connectivity index (χ3v) is 17.6. The SMILES string of the molecule is CSCCC(=NC(=O)/C(=C\c1ccccc1)NC(=O)[C@H](Cc1c[nH]cn1)NC(=O)CNC(=O)C(NC(=O)[C@H](C)NC(=O)[C@H](Cc1c[nH]c2ccccc12)NC(=O)C(CCC(N)=O)NC(=O)c1ccc(NC(=O)CNC(=O)CN2CCN(CC(=O)O)CCN(CC(=O)O)CCN(CC(=O)O)CC2)cc1)C(C)C)C(N)=O. The Morgan fingerprint density at radius 3 is 1.72 bits per heavy atom. The highest BCUT2D eigenvalue weighted by Gasteiger charge is 2.34. The number of imidazole rings is 1. The molecule has 0 saturated carbocycles. The number of aromatic amines is 2. The van der Waals surface area contributed by atoms with Crippen molar-refractivity contribution in [1.29, 1.82) is 0 Å². The molecule has 1 aliphatic heterocycles. The van der Waals surface area contributed by atoms with Gasteiger partial charge in [-0.2, -0.15) is 11.8 Å². The van der Waals surface area contributed by atoms with E-state index < -0.39 is 144 Å². The van der Waals surface area contributed by atoms with E-state index in [1.165, 1.54) is 61.6 Å². The zero-order chi connectivity index (χ0) is 79.7. The molecule has 1 fully saturated rings. The number of carbonyl (C=O) groups is 15. The van der Waals surface area contributed by atoms with Gasteiger partial charge in [-0.05, 0) is 78.8 Å². The summed E-state index contributed by atoms with van der Waals surface area (Å²) in [5.41, 5.74) is 12.6. The first-order valence-corrected chi connectivity index (χ1v) is 36.1. The van der Waals surface area contributed by atoms with E-state index in [0.717, 1.165) is 0 Å². The number of aromatic nitrogens is 3. The van der Waals surface area contributed by atoms with Crippen LogP contribution >= 0.6 is 11.8 Å². The van der Waals surface area contributed by atoms with Gasteiger partial charge in [0.15, 0.2) is 0 Å². The van der Waals surface area contributed by atoms with Gasteiger partial charge in [0, 0.05) is 113 Å². The maximum absolute atomic E-state index is 14.5. The third-order valence-electron chi connectivity index (χ3n) is 17.0. The molecule has 37 nitrogen and oxygen atoms in total. The molecule has 1 saturated heterocycles. The van der Waals surface area contributed by atoms with E-state index in [1.54, 1.807) is 100 Å². The topological polar surface area (TPSA) is 547 Å². The van der Waals surface area contributed by atoms with Crippen LogP contribution in [0.3, 0.4) is 0 Å². The molecule has 18 N–H and O–H groups in total. The van der Waals surface area contributed by atoms with Crippen LogP contribution in [0.25, 0.3) is 17.0 Å². The number of aliphatic carboxylic acids is 3. The van der Waals surface area contributed by atoms with Crippen LogP contribution in [0.15, 0.2) is 108 Å². The first-order valence-electron chi connectivity index (χ1n) is 34.7. The summed E-state index contributed by atoms with van der Waals surface area (Å²) in [7, 11) is 0. The van der Waals surface area contributed by atoms with Crippen LogP contribution in [0.4, 0.5) is 5.69 Å². The fraction of sp³-hybridized carbons (Fsp3) is 0.423. The molecule has 12 amide bonds. The van der Waals surface area contributed by atoms with E-state index in [0.29, 0.717) is 33.5 Å². The summed E-state index contributed by atoms with van der Waals surface area (Å²) in [5, 5.41) is 52.4. The van der Waals surface area contributed by atoms with E-state index >= 15 is 0 Å². The van der Waals surface area contributed by atoms with E-state index in [4.69, 9.17) is 11.5 Å². The normalized spacial score (nSPS) is 15.0. The fourth-order valence-electron chi connectivity index (χ4n) is 11.2. The summed E-state index contributed by atoms with van der Waals surface area (Å²) in [6.07, 6.45) is 6.44. The Balaban J connectivity index is 1.08. The molecule has 5 aromatic rings. The number of nitrogens with two attached hydrogens (primary N) is 2. The average Bonchev–Trinajstić information content (AvgIpc) is 1.71. The molecule has 1 aliphatic rings. The zero-order valence-corrected chi connectivity index (χ0v) is 61.4. The van der Waals surface area contributed by atoms with Crippen molar-refractivity contribution in [1.82, 2.24) is 77.1 Å². The molecule has 0 bridgehead atoms. The number of rotatable bonds is 39. The summed E-state index contributed by atoms with van der Waals surface area (Å²) in [6, 6.07) is 13.7. The number of aliphatic imine (C=N–C) groups is 1. The number of carbonyl (C=O) groups excluding carboxylic acids is 12. The Morgan fingerprint density at radius 1 is 0.587 bits per heavy atom. The molecule has 3 aromatic carbocycles. The van der Waals surface area contributed by atoms with Crippen LogP contribution in [0, 0.1) is 5.92 Å². The predicted molar refractivity (Wildman–Crippen MR) is 399 cm³/mol. The van der Waals surface area contributed by atoms with Crippen molar-refractivity contribution in [3.05, 3.63) is 126 Å². The maximum Gasteiger partial charge on any atom is 0.317 e. The average molecular weight is 1530 g/mol. The minimum Gasteiger partial charge on any atom is -0.480 e. The van der Waals surface area contributed by atoms with Crippen molar-refractivity contribution < 1.29 is 87.2 Å². The summed E-state index contributed by atoms with van der Waals surface area (Å²) in [6.45, 7) is 3.27.